The standard InChI is InChI=1S/C21H21ClN6OS2/c1-11-6-12(2)18(17(22)7-11)27(15(5)29)21-24-16(10-31-21)9-30-20-25-19-23-13(3)8-14(4)28(19)26-20/h6-8,10H,9H2,1-5H3. The zero-order valence-electron chi connectivity index (χ0n) is 17.8. The van der Waals surface area contributed by atoms with E-state index >= 15 is 0 Å². The number of aryl methyl sites for hydroxylation is 4. The van der Waals surface area contributed by atoms with Crippen LogP contribution < -0.4 is 4.90 Å². The highest BCUT2D eigenvalue weighted by atomic mass is 35.5. The molecule has 1 aromatic carbocycles. The maximum Gasteiger partial charge on any atom is 0.253 e. The monoisotopic (exact) mass is 472 g/mol. The number of benzene rings is 1. The van der Waals surface area contributed by atoms with Crippen molar-refractivity contribution in [2.45, 2.75) is 45.5 Å². The van der Waals surface area contributed by atoms with Crippen LogP contribution in [-0.2, 0) is 10.5 Å². The molecule has 0 aliphatic rings. The lowest BCUT2D eigenvalue weighted by molar-refractivity contribution is -0.115. The lowest BCUT2D eigenvalue weighted by Crippen LogP contribution is -2.24. The van der Waals surface area contributed by atoms with Gasteiger partial charge in [0.2, 0.25) is 11.1 Å². The molecule has 3 aromatic heterocycles. The van der Waals surface area contributed by atoms with Gasteiger partial charge in [0, 0.05) is 29.4 Å². The predicted octanol–water partition coefficient (Wildman–Crippen LogP) is 5.44. The maximum absolute atomic E-state index is 12.5. The van der Waals surface area contributed by atoms with Crippen LogP contribution in [0, 0.1) is 27.7 Å². The molecule has 0 bridgehead atoms. The summed E-state index contributed by atoms with van der Waals surface area (Å²) in [4.78, 5) is 27.7. The lowest BCUT2D eigenvalue weighted by atomic mass is 10.1. The largest absolute Gasteiger partial charge is 0.274 e. The Morgan fingerprint density at radius 2 is 1.94 bits per heavy atom. The number of anilines is 2. The fraction of sp³-hybridized carbons (Fsp3) is 0.286. The lowest BCUT2D eigenvalue weighted by Gasteiger charge is -2.22. The normalized spacial score (nSPS) is 11.3. The third kappa shape index (κ3) is 4.44. The van der Waals surface area contributed by atoms with E-state index in [0.29, 0.717) is 32.5 Å². The fourth-order valence-electron chi connectivity index (χ4n) is 3.39. The quantitative estimate of drug-likeness (QED) is 0.360. The molecule has 1 amide bonds. The van der Waals surface area contributed by atoms with Crippen LogP contribution in [0.4, 0.5) is 10.8 Å². The van der Waals surface area contributed by atoms with Gasteiger partial charge >= 0.3 is 0 Å². The number of aromatic nitrogens is 5. The van der Waals surface area contributed by atoms with Gasteiger partial charge in [-0.05, 0) is 51.0 Å². The number of hydrogen-bond donors (Lipinski definition) is 0. The molecule has 0 unspecified atom stereocenters. The van der Waals surface area contributed by atoms with Crippen LogP contribution in [0.25, 0.3) is 5.78 Å². The fourth-order valence-corrected chi connectivity index (χ4v) is 5.49. The third-order valence-corrected chi connectivity index (χ3v) is 6.65. The smallest absolute Gasteiger partial charge is 0.253 e. The van der Waals surface area contributed by atoms with Crippen LogP contribution in [-0.4, -0.2) is 30.5 Å². The summed E-state index contributed by atoms with van der Waals surface area (Å²) >= 11 is 9.38. The summed E-state index contributed by atoms with van der Waals surface area (Å²) in [6.45, 7) is 9.36. The van der Waals surface area contributed by atoms with Gasteiger partial charge < -0.3 is 0 Å². The Labute approximate surface area is 193 Å². The number of nitrogens with zero attached hydrogens (tertiary/aromatic N) is 6. The number of thiazole rings is 1. The van der Waals surface area contributed by atoms with Gasteiger partial charge in [0.05, 0.1) is 16.4 Å². The van der Waals surface area contributed by atoms with Gasteiger partial charge in [-0.25, -0.2) is 14.5 Å². The predicted molar refractivity (Wildman–Crippen MR) is 126 cm³/mol. The number of hydrogen-bond acceptors (Lipinski definition) is 7. The van der Waals surface area contributed by atoms with E-state index in [4.69, 9.17) is 11.6 Å². The number of fused-ring (bicyclic) bond motifs is 1. The van der Waals surface area contributed by atoms with Gasteiger partial charge in [0.15, 0.2) is 5.13 Å². The van der Waals surface area contributed by atoms with Crippen LogP contribution in [0.5, 0.6) is 0 Å². The van der Waals surface area contributed by atoms with Crippen LogP contribution >= 0.6 is 34.7 Å². The number of halogens is 1. The van der Waals surface area contributed by atoms with E-state index in [0.717, 1.165) is 28.2 Å². The van der Waals surface area contributed by atoms with Crippen molar-refractivity contribution in [3.05, 3.63) is 56.8 Å². The van der Waals surface area contributed by atoms with Crippen molar-refractivity contribution >= 4 is 57.2 Å². The van der Waals surface area contributed by atoms with Crippen LogP contribution in [0.2, 0.25) is 5.02 Å². The van der Waals surface area contributed by atoms with E-state index in [1.54, 1.807) is 9.42 Å². The van der Waals surface area contributed by atoms with Crippen molar-refractivity contribution in [2.75, 3.05) is 4.90 Å². The minimum absolute atomic E-state index is 0.138. The first-order valence-corrected chi connectivity index (χ1v) is 11.8. The van der Waals surface area contributed by atoms with Crippen LogP contribution in [0.1, 0.15) is 35.1 Å². The Morgan fingerprint density at radius 1 is 1.16 bits per heavy atom. The molecule has 0 saturated heterocycles. The summed E-state index contributed by atoms with van der Waals surface area (Å²) in [5.41, 5.74) is 5.39. The number of thioether (sulfide) groups is 1. The Hall–Kier alpha value is -2.49. The molecule has 0 aliphatic heterocycles. The van der Waals surface area contributed by atoms with Crippen molar-refractivity contribution in [3.63, 3.8) is 0 Å². The molecule has 0 N–H and O–H groups in total. The zero-order chi connectivity index (χ0) is 22.3. The first-order valence-electron chi connectivity index (χ1n) is 9.58. The second kappa shape index (κ2) is 8.57. The van der Waals surface area contributed by atoms with Gasteiger partial charge in [-0.3, -0.25) is 9.69 Å². The van der Waals surface area contributed by atoms with Gasteiger partial charge in [-0.2, -0.15) is 4.98 Å². The van der Waals surface area contributed by atoms with Gasteiger partial charge in [-0.1, -0.05) is 29.4 Å². The van der Waals surface area contributed by atoms with E-state index in [1.165, 1.54) is 30.0 Å². The highest BCUT2D eigenvalue weighted by Crippen LogP contribution is 2.38. The number of amides is 1. The van der Waals surface area contributed by atoms with Crippen molar-refractivity contribution in [1.82, 2.24) is 24.6 Å². The molecule has 31 heavy (non-hydrogen) atoms. The molecule has 10 heteroatoms. The molecule has 0 spiro atoms. The maximum atomic E-state index is 12.5. The first-order chi connectivity index (χ1) is 14.7. The Kier molecular flexibility index (Phi) is 6.00. The second-order valence-electron chi connectivity index (χ2n) is 7.32. The summed E-state index contributed by atoms with van der Waals surface area (Å²) in [5.74, 6) is 1.03. The Bertz CT molecular complexity index is 1280. The minimum atomic E-state index is -0.138. The van der Waals surface area contributed by atoms with Gasteiger partial charge in [0.25, 0.3) is 5.78 Å². The van der Waals surface area contributed by atoms with E-state index in [1.807, 2.05) is 51.3 Å². The van der Waals surface area contributed by atoms with E-state index < -0.39 is 0 Å². The summed E-state index contributed by atoms with van der Waals surface area (Å²) in [6, 6.07) is 5.84. The molecule has 4 rings (SSSR count). The molecule has 160 valence electrons. The Morgan fingerprint density at radius 3 is 2.65 bits per heavy atom. The average molecular weight is 473 g/mol. The molecule has 0 saturated carbocycles. The highest BCUT2D eigenvalue weighted by molar-refractivity contribution is 7.98. The summed E-state index contributed by atoms with van der Waals surface area (Å²) < 4.78 is 1.74. The van der Waals surface area contributed by atoms with Crippen LogP contribution in [0.15, 0.2) is 28.7 Å². The van der Waals surface area contributed by atoms with Crippen molar-refractivity contribution in [3.8, 4) is 0 Å². The Balaban J connectivity index is 1.57. The number of carbonyl (C=O) groups is 1. The first kappa shape index (κ1) is 21.7. The number of rotatable bonds is 5. The minimum Gasteiger partial charge on any atom is -0.274 e. The molecular weight excluding hydrogens is 452 g/mol. The van der Waals surface area contributed by atoms with E-state index in [9.17, 15) is 4.79 Å². The van der Waals surface area contributed by atoms with Crippen LogP contribution in [0.3, 0.4) is 0 Å². The SMILES string of the molecule is CC(=O)N(c1nc(CSc2nc3nc(C)cc(C)n3n2)cs1)c1c(C)cc(C)cc1Cl. The third-order valence-electron chi connectivity index (χ3n) is 4.62. The van der Waals surface area contributed by atoms with Crippen molar-refractivity contribution < 1.29 is 4.79 Å². The topological polar surface area (TPSA) is 76.3 Å². The zero-order valence-corrected chi connectivity index (χ0v) is 20.2. The summed E-state index contributed by atoms with van der Waals surface area (Å²) in [6.07, 6.45) is 0. The molecule has 3 heterocycles. The van der Waals surface area contributed by atoms with Crippen molar-refractivity contribution in [2.24, 2.45) is 0 Å². The van der Waals surface area contributed by atoms with Gasteiger partial charge in [0.1, 0.15) is 0 Å². The highest BCUT2D eigenvalue weighted by Gasteiger charge is 2.23. The molecule has 0 radical (unpaired) electrons. The molecule has 0 fully saturated rings. The molecule has 7 nitrogen and oxygen atoms in total. The molecular formula is C21H21ClN6OS2. The van der Waals surface area contributed by atoms with E-state index in [-0.39, 0.29) is 5.91 Å². The molecule has 0 atom stereocenters. The van der Waals surface area contributed by atoms with Gasteiger partial charge in [-0.15, -0.1) is 16.4 Å². The summed E-state index contributed by atoms with van der Waals surface area (Å²) in [5, 5.41) is 8.22. The second-order valence-corrected chi connectivity index (χ2v) is 9.51. The number of carbonyl (C=O) groups excluding carboxylic acids is 1. The van der Waals surface area contributed by atoms with E-state index in [2.05, 4.69) is 20.1 Å². The molecule has 4 aromatic rings. The summed E-state index contributed by atoms with van der Waals surface area (Å²) in [7, 11) is 0. The average Bonchev–Trinajstić information content (AvgIpc) is 3.29. The molecule has 0 aliphatic carbocycles. The van der Waals surface area contributed by atoms with Crippen molar-refractivity contribution in [1.29, 1.82) is 0 Å².